The van der Waals surface area contributed by atoms with Crippen molar-refractivity contribution < 1.29 is 0 Å². The van der Waals surface area contributed by atoms with Crippen molar-refractivity contribution in [2.45, 2.75) is 64.5 Å². The van der Waals surface area contributed by atoms with Crippen molar-refractivity contribution in [3.05, 3.63) is 11.1 Å². The number of hydrogen-bond acceptors (Lipinski definition) is 4. The average molecular weight is 281 g/mol. The van der Waals surface area contributed by atoms with Crippen LogP contribution in [0.5, 0.6) is 0 Å². The highest BCUT2D eigenvalue weighted by Crippen LogP contribution is 2.31. The Hall–Kier alpha value is -0.610. The Bertz CT molecular complexity index is 371. The first-order valence-corrected chi connectivity index (χ1v) is 8.46. The quantitative estimate of drug-likeness (QED) is 0.855. The van der Waals surface area contributed by atoms with Crippen LogP contribution < -0.4 is 10.2 Å². The van der Waals surface area contributed by atoms with E-state index >= 15 is 0 Å². The predicted molar refractivity (Wildman–Crippen MR) is 84.1 cm³/mol. The van der Waals surface area contributed by atoms with Crippen LogP contribution in [0.4, 0.5) is 5.13 Å². The van der Waals surface area contributed by atoms with Gasteiger partial charge in [0.2, 0.25) is 0 Å². The highest BCUT2D eigenvalue weighted by Gasteiger charge is 2.21. The Kier molecular flexibility index (Phi) is 5.64. The summed E-state index contributed by atoms with van der Waals surface area (Å²) in [5.41, 5.74) is 0. The minimum Gasteiger partial charge on any atom is -0.348 e. The molecule has 2 rings (SSSR count). The van der Waals surface area contributed by atoms with E-state index in [2.05, 4.69) is 36.1 Å². The molecule has 0 spiro atoms. The van der Waals surface area contributed by atoms with Gasteiger partial charge in [-0.3, -0.25) is 0 Å². The third-order valence-corrected chi connectivity index (χ3v) is 5.33. The Morgan fingerprint density at radius 2 is 2.16 bits per heavy atom. The van der Waals surface area contributed by atoms with Gasteiger partial charge >= 0.3 is 0 Å². The summed E-state index contributed by atoms with van der Waals surface area (Å²) in [5, 5.41) is 4.72. The number of thiazole rings is 1. The van der Waals surface area contributed by atoms with Crippen molar-refractivity contribution in [3.63, 3.8) is 0 Å². The molecular formula is C15H27N3S. The highest BCUT2D eigenvalue weighted by atomic mass is 32.1. The van der Waals surface area contributed by atoms with E-state index in [0.29, 0.717) is 12.1 Å². The Labute approximate surface area is 121 Å². The summed E-state index contributed by atoms with van der Waals surface area (Å²) >= 11 is 1.85. The maximum atomic E-state index is 4.62. The van der Waals surface area contributed by atoms with E-state index in [1.54, 1.807) is 0 Å². The van der Waals surface area contributed by atoms with E-state index in [4.69, 9.17) is 0 Å². The summed E-state index contributed by atoms with van der Waals surface area (Å²) < 4.78 is 0. The molecule has 0 aromatic carbocycles. The molecule has 1 atom stereocenters. The standard InChI is InChI=1S/C15H27N3S/c1-4-10-16-12(2)14-11-17-15(19-14)18(3)13-8-6-5-7-9-13/h11-13,16H,4-10H2,1-3H3. The minimum absolute atomic E-state index is 0.422. The molecule has 1 aliphatic rings. The Balaban J connectivity index is 1.95. The Morgan fingerprint density at radius 1 is 1.42 bits per heavy atom. The third kappa shape index (κ3) is 3.93. The van der Waals surface area contributed by atoms with Crippen molar-refractivity contribution in [2.24, 2.45) is 0 Å². The van der Waals surface area contributed by atoms with Crippen LogP contribution in [0.15, 0.2) is 6.20 Å². The van der Waals surface area contributed by atoms with Crippen molar-refractivity contribution in [2.75, 3.05) is 18.5 Å². The number of anilines is 1. The maximum absolute atomic E-state index is 4.62. The molecule has 0 saturated heterocycles. The molecule has 0 bridgehead atoms. The van der Waals surface area contributed by atoms with Gasteiger partial charge in [0.1, 0.15) is 0 Å². The molecule has 1 N–H and O–H groups in total. The van der Waals surface area contributed by atoms with Gasteiger partial charge in [-0.05, 0) is 32.7 Å². The van der Waals surface area contributed by atoms with E-state index in [1.807, 2.05) is 17.5 Å². The first-order chi connectivity index (χ1) is 9.22. The van der Waals surface area contributed by atoms with Gasteiger partial charge < -0.3 is 10.2 Å². The van der Waals surface area contributed by atoms with Gasteiger partial charge in [-0.15, -0.1) is 11.3 Å². The molecule has 1 heterocycles. The lowest BCUT2D eigenvalue weighted by Crippen LogP contribution is -2.33. The van der Waals surface area contributed by atoms with Crippen LogP contribution in [0.25, 0.3) is 0 Å². The van der Waals surface area contributed by atoms with Gasteiger partial charge in [0.15, 0.2) is 5.13 Å². The van der Waals surface area contributed by atoms with Crippen LogP contribution in [-0.2, 0) is 0 Å². The molecule has 0 amide bonds. The van der Waals surface area contributed by atoms with Crippen LogP contribution in [0.1, 0.15) is 63.3 Å². The summed E-state index contributed by atoms with van der Waals surface area (Å²) in [6, 6.07) is 1.12. The zero-order chi connectivity index (χ0) is 13.7. The average Bonchev–Trinajstić information content (AvgIpc) is 2.94. The third-order valence-electron chi connectivity index (χ3n) is 4.06. The highest BCUT2D eigenvalue weighted by molar-refractivity contribution is 7.15. The normalized spacial score (nSPS) is 18.5. The molecule has 1 aromatic heterocycles. The first-order valence-electron chi connectivity index (χ1n) is 7.64. The van der Waals surface area contributed by atoms with E-state index < -0.39 is 0 Å². The van der Waals surface area contributed by atoms with E-state index in [1.165, 1.54) is 48.5 Å². The second-order valence-corrected chi connectivity index (χ2v) is 6.66. The van der Waals surface area contributed by atoms with Crippen LogP contribution >= 0.6 is 11.3 Å². The van der Waals surface area contributed by atoms with Gasteiger partial charge in [-0.2, -0.15) is 0 Å². The lowest BCUT2D eigenvalue weighted by atomic mass is 9.95. The Morgan fingerprint density at radius 3 is 2.84 bits per heavy atom. The van der Waals surface area contributed by atoms with Gasteiger partial charge in [0.05, 0.1) is 0 Å². The van der Waals surface area contributed by atoms with Crippen LogP contribution in [0, 0.1) is 0 Å². The van der Waals surface area contributed by atoms with Crippen molar-refractivity contribution in [1.29, 1.82) is 0 Å². The van der Waals surface area contributed by atoms with Crippen LogP contribution in [0.2, 0.25) is 0 Å². The van der Waals surface area contributed by atoms with Gasteiger partial charge in [0.25, 0.3) is 0 Å². The minimum atomic E-state index is 0.422. The smallest absolute Gasteiger partial charge is 0.185 e. The lowest BCUT2D eigenvalue weighted by molar-refractivity contribution is 0.427. The molecule has 108 valence electrons. The fraction of sp³-hybridized carbons (Fsp3) is 0.800. The number of hydrogen-bond donors (Lipinski definition) is 1. The van der Waals surface area contributed by atoms with E-state index in [0.717, 1.165) is 6.54 Å². The second kappa shape index (κ2) is 7.25. The fourth-order valence-corrected chi connectivity index (χ4v) is 3.70. The lowest BCUT2D eigenvalue weighted by Gasteiger charge is -2.30. The molecule has 19 heavy (non-hydrogen) atoms. The summed E-state index contributed by atoms with van der Waals surface area (Å²) in [4.78, 5) is 8.38. The van der Waals surface area contributed by atoms with Crippen LogP contribution in [0.3, 0.4) is 0 Å². The van der Waals surface area contributed by atoms with Crippen molar-refractivity contribution in [3.8, 4) is 0 Å². The summed E-state index contributed by atoms with van der Waals surface area (Å²) in [6.07, 6.45) is 10.0. The van der Waals surface area contributed by atoms with Crippen molar-refractivity contribution >= 4 is 16.5 Å². The van der Waals surface area contributed by atoms with Crippen molar-refractivity contribution in [1.82, 2.24) is 10.3 Å². The van der Waals surface area contributed by atoms with Gasteiger partial charge in [-0.1, -0.05) is 26.2 Å². The number of nitrogens with one attached hydrogen (secondary N) is 1. The second-order valence-electron chi connectivity index (χ2n) is 5.62. The molecule has 1 saturated carbocycles. The monoisotopic (exact) mass is 281 g/mol. The molecule has 1 aromatic rings. The van der Waals surface area contributed by atoms with Crippen LogP contribution in [-0.4, -0.2) is 24.6 Å². The maximum Gasteiger partial charge on any atom is 0.185 e. The molecule has 4 heteroatoms. The molecule has 1 fully saturated rings. The molecule has 1 unspecified atom stereocenters. The number of aromatic nitrogens is 1. The zero-order valence-corrected chi connectivity index (χ0v) is 13.3. The zero-order valence-electron chi connectivity index (χ0n) is 12.5. The summed E-state index contributed by atoms with van der Waals surface area (Å²) in [7, 11) is 2.21. The first kappa shape index (κ1) is 14.8. The van der Waals surface area contributed by atoms with Gasteiger partial charge in [-0.25, -0.2) is 4.98 Å². The number of rotatable bonds is 6. The largest absolute Gasteiger partial charge is 0.348 e. The van der Waals surface area contributed by atoms with E-state index in [9.17, 15) is 0 Å². The molecule has 1 aliphatic carbocycles. The summed E-state index contributed by atoms with van der Waals surface area (Å²) in [5.74, 6) is 0. The molecular weight excluding hydrogens is 254 g/mol. The van der Waals surface area contributed by atoms with E-state index in [-0.39, 0.29) is 0 Å². The summed E-state index contributed by atoms with van der Waals surface area (Å²) in [6.45, 7) is 5.51. The predicted octanol–water partition coefficient (Wildman–Crippen LogP) is 3.97. The topological polar surface area (TPSA) is 28.2 Å². The molecule has 0 aliphatic heterocycles. The van der Waals surface area contributed by atoms with Gasteiger partial charge in [0, 0.05) is 30.2 Å². The number of nitrogens with zero attached hydrogens (tertiary/aromatic N) is 2. The SMILES string of the molecule is CCCNC(C)c1cnc(N(C)C2CCCCC2)s1. The molecule has 0 radical (unpaired) electrons. The molecule has 3 nitrogen and oxygen atoms in total. The fourth-order valence-electron chi connectivity index (χ4n) is 2.73.